The molecule has 1 rings (SSSR count). The summed E-state index contributed by atoms with van der Waals surface area (Å²) in [7, 11) is 0. The van der Waals surface area contributed by atoms with Gasteiger partial charge in [0.15, 0.2) is 0 Å². The summed E-state index contributed by atoms with van der Waals surface area (Å²) in [6, 6.07) is 3.13. The highest BCUT2D eigenvalue weighted by atomic mass is 16.2. The summed E-state index contributed by atoms with van der Waals surface area (Å²) in [5.74, 6) is -0.842. The fourth-order valence-electron chi connectivity index (χ4n) is 1.01. The maximum atomic E-state index is 11.5. The number of hydrogen-bond donors (Lipinski definition) is 2. The van der Waals surface area contributed by atoms with Gasteiger partial charge in [-0.2, -0.15) is 5.10 Å². The van der Waals surface area contributed by atoms with Gasteiger partial charge in [-0.25, -0.2) is 5.43 Å². The summed E-state index contributed by atoms with van der Waals surface area (Å²) in [6.07, 6.45) is 3.04. The van der Waals surface area contributed by atoms with Gasteiger partial charge in [-0.3, -0.25) is 14.6 Å². The number of aromatic nitrogens is 1. The van der Waals surface area contributed by atoms with Gasteiger partial charge in [0.25, 0.3) is 5.91 Å². The van der Waals surface area contributed by atoms with Crippen LogP contribution in [-0.4, -0.2) is 22.5 Å². The Labute approximate surface area is 92.6 Å². The summed E-state index contributed by atoms with van der Waals surface area (Å²) in [5, 5.41) is 3.74. The number of amides is 2. The number of hydrogen-bond acceptors (Lipinski definition) is 4. The molecular formula is C10H12N4O2. The first-order valence-electron chi connectivity index (χ1n) is 4.61. The summed E-state index contributed by atoms with van der Waals surface area (Å²) in [6.45, 7) is 1.61. The van der Waals surface area contributed by atoms with Gasteiger partial charge >= 0.3 is 0 Å². The lowest BCUT2D eigenvalue weighted by atomic mass is 10.2. The van der Waals surface area contributed by atoms with Crippen LogP contribution in [-0.2, 0) is 4.79 Å². The van der Waals surface area contributed by atoms with E-state index in [2.05, 4.69) is 15.5 Å². The van der Waals surface area contributed by atoms with Gasteiger partial charge in [-0.05, 0) is 19.1 Å². The van der Waals surface area contributed by atoms with E-state index in [1.165, 1.54) is 12.4 Å². The smallest absolute Gasteiger partial charge is 0.271 e. The highest BCUT2D eigenvalue weighted by Gasteiger charge is 2.03. The molecule has 1 aromatic heterocycles. The van der Waals surface area contributed by atoms with E-state index in [0.717, 1.165) is 0 Å². The highest BCUT2D eigenvalue weighted by Crippen LogP contribution is 1.95. The van der Waals surface area contributed by atoms with Gasteiger partial charge in [-0.15, -0.1) is 0 Å². The molecule has 0 aliphatic rings. The van der Waals surface area contributed by atoms with Crippen LogP contribution in [0.15, 0.2) is 29.6 Å². The van der Waals surface area contributed by atoms with E-state index in [0.29, 0.717) is 11.3 Å². The van der Waals surface area contributed by atoms with Crippen molar-refractivity contribution in [2.45, 2.75) is 13.3 Å². The van der Waals surface area contributed by atoms with Gasteiger partial charge in [0.1, 0.15) is 0 Å². The van der Waals surface area contributed by atoms with Crippen molar-refractivity contribution in [1.82, 2.24) is 10.4 Å². The second-order valence-corrected chi connectivity index (χ2v) is 3.17. The fourth-order valence-corrected chi connectivity index (χ4v) is 1.01. The van der Waals surface area contributed by atoms with Gasteiger partial charge < -0.3 is 5.73 Å². The van der Waals surface area contributed by atoms with Crippen molar-refractivity contribution < 1.29 is 9.59 Å². The first-order valence-corrected chi connectivity index (χ1v) is 4.61. The largest absolute Gasteiger partial charge is 0.369 e. The van der Waals surface area contributed by atoms with Gasteiger partial charge in [0.2, 0.25) is 5.91 Å². The maximum absolute atomic E-state index is 11.5. The van der Waals surface area contributed by atoms with Crippen molar-refractivity contribution in [3.05, 3.63) is 30.1 Å². The minimum Gasteiger partial charge on any atom is -0.369 e. The third-order valence-electron chi connectivity index (χ3n) is 1.72. The fraction of sp³-hybridized carbons (Fsp3) is 0.200. The quantitative estimate of drug-likeness (QED) is 0.554. The van der Waals surface area contributed by atoms with Crippen LogP contribution in [0.4, 0.5) is 0 Å². The van der Waals surface area contributed by atoms with E-state index >= 15 is 0 Å². The van der Waals surface area contributed by atoms with Crippen molar-refractivity contribution in [1.29, 1.82) is 0 Å². The number of primary amides is 1. The molecule has 6 heteroatoms. The normalized spacial score (nSPS) is 10.9. The molecular weight excluding hydrogens is 208 g/mol. The molecule has 0 radical (unpaired) electrons. The number of hydrazone groups is 1. The summed E-state index contributed by atoms with van der Waals surface area (Å²) in [4.78, 5) is 25.8. The van der Waals surface area contributed by atoms with Crippen molar-refractivity contribution in [3.63, 3.8) is 0 Å². The molecule has 2 amide bonds. The predicted molar refractivity (Wildman–Crippen MR) is 58.6 cm³/mol. The van der Waals surface area contributed by atoms with Crippen LogP contribution in [0.25, 0.3) is 0 Å². The topological polar surface area (TPSA) is 97.4 Å². The lowest BCUT2D eigenvalue weighted by molar-refractivity contribution is -0.116. The molecule has 6 nitrogen and oxygen atoms in total. The summed E-state index contributed by atoms with van der Waals surface area (Å²) < 4.78 is 0. The number of carbonyl (C=O) groups is 2. The molecule has 3 N–H and O–H groups in total. The minimum atomic E-state index is -0.487. The van der Waals surface area contributed by atoms with E-state index in [9.17, 15) is 9.59 Å². The van der Waals surface area contributed by atoms with Gasteiger partial charge in [0, 0.05) is 23.7 Å². The van der Waals surface area contributed by atoms with Crippen molar-refractivity contribution >= 4 is 17.5 Å². The molecule has 16 heavy (non-hydrogen) atoms. The third kappa shape index (κ3) is 3.87. The maximum Gasteiger partial charge on any atom is 0.271 e. The molecule has 0 saturated heterocycles. The third-order valence-corrected chi connectivity index (χ3v) is 1.72. The van der Waals surface area contributed by atoms with Crippen LogP contribution in [0.2, 0.25) is 0 Å². The first kappa shape index (κ1) is 11.8. The van der Waals surface area contributed by atoms with Crippen LogP contribution in [0.3, 0.4) is 0 Å². The van der Waals surface area contributed by atoms with Crippen molar-refractivity contribution in [2.75, 3.05) is 0 Å². The van der Waals surface area contributed by atoms with Crippen molar-refractivity contribution in [3.8, 4) is 0 Å². The zero-order chi connectivity index (χ0) is 12.0. The van der Waals surface area contributed by atoms with Crippen LogP contribution in [0.5, 0.6) is 0 Å². The molecule has 0 fully saturated rings. The number of pyridine rings is 1. The standard InChI is InChI=1S/C10H12N4O2/c1-7(6-9(11)15)13-14-10(16)8-2-4-12-5-3-8/h2-5H,6H2,1H3,(H2,11,15)(H,14,16)/b13-7-. The molecule has 0 aliphatic heterocycles. The Morgan fingerprint density at radius 2 is 2.06 bits per heavy atom. The molecule has 1 aromatic rings. The van der Waals surface area contributed by atoms with E-state index < -0.39 is 5.91 Å². The van der Waals surface area contributed by atoms with Crippen LogP contribution in [0, 0.1) is 0 Å². The molecule has 1 heterocycles. The predicted octanol–water partition coefficient (Wildman–Crippen LogP) is 0.0627. The van der Waals surface area contributed by atoms with Gasteiger partial charge in [-0.1, -0.05) is 0 Å². The Hall–Kier alpha value is -2.24. The van der Waals surface area contributed by atoms with E-state index in [1.54, 1.807) is 19.1 Å². The zero-order valence-corrected chi connectivity index (χ0v) is 8.80. The second-order valence-electron chi connectivity index (χ2n) is 3.17. The molecule has 0 bridgehead atoms. The Bertz CT molecular complexity index is 414. The Kier molecular flexibility index (Phi) is 4.14. The van der Waals surface area contributed by atoms with Crippen LogP contribution >= 0.6 is 0 Å². The summed E-state index contributed by atoms with van der Waals surface area (Å²) >= 11 is 0. The molecule has 0 atom stereocenters. The van der Waals surface area contributed by atoms with Crippen LogP contribution in [0.1, 0.15) is 23.7 Å². The molecule has 0 unspecified atom stereocenters. The molecule has 0 saturated carbocycles. The number of carbonyl (C=O) groups excluding carboxylic acids is 2. The van der Waals surface area contributed by atoms with Gasteiger partial charge in [0.05, 0.1) is 6.42 Å². The molecule has 0 spiro atoms. The lowest BCUT2D eigenvalue weighted by Crippen LogP contribution is -2.21. The van der Waals surface area contributed by atoms with Crippen LogP contribution < -0.4 is 11.2 Å². The average molecular weight is 220 g/mol. The average Bonchev–Trinajstić information content (AvgIpc) is 2.26. The second kappa shape index (κ2) is 5.59. The van der Waals surface area contributed by atoms with E-state index in [4.69, 9.17) is 5.73 Å². The Morgan fingerprint density at radius 3 is 2.62 bits per heavy atom. The monoisotopic (exact) mass is 220 g/mol. The Balaban J connectivity index is 2.56. The molecule has 0 aromatic carbocycles. The Morgan fingerprint density at radius 1 is 1.44 bits per heavy atom. The lowest BCUT2D eigenvalue weighted by Gasteiger charge is -2.00. The number of rotatable bonds is 4. The first-order chi connectivity index (χ1) is 7.59. The highest BCUT2D eigenvalue weighted by molar-refractivity contribution is 6.00. The zero-order valence-electron chi connectivity index (χ0n) is 8.80. The SMILES string of the molecule is C/C(CC(N)=O)=N/NC(=O)c1ccncc1. The number of nitrogens with two attached hydrogens (primary N) is 1. The van der Waals surface area contributed by atoms with E-state index in [-0.39, 0.29) is 12.3 Å². The summed E-state index contributed by atoms with van der Waals surface area (Å²) in [5.41, 5.74) is 8.19. The van der Waals surface area contributed by atoms with Crippen molar-refractivity contribution in [2.24, 2.45) is 10.8 Å². The minimum absolute atomic E-state index is 0.0244. The molecule has 0 aliphatic carbocycles. The van der Waals surface area contributed by atoms with E-state index in [1.807, 2.05) is 0 Å². The molecule has 84 valence electrons. The number of nitrogens with zero attached hydrogens (tertiary/aromatic N) is 2. The number of nitrogens with one attached hydrogen (secondary N) is 1.